The van der Waals surface area contributed by atoms with Gasteiger partial charge in [-0.2, -0.15) is 0 Å². The van der Waals surface area contributed by atoms with Gasteiger partial charge < -0.3 is 15.8 Å². The monoisotopic (exact) mass is 237 g/mol. The highest BCUT2D eigenvalue weighted by molar-refractivity contribution is 5.87. The number of hydrogen-bond acceptors (Lipinski definition) is 4. The lowest BCUT2D eigenvalue weighted by atomic mass is 10.1. The Labute approximate surface area is 101 Å². The predicted octanol–water partition coefficient (Wildman–Crippen LogP) is 1.55. The first kappa shape index (κ1) is 13.3. The van der Waals surface area contributed by atoms with Crippen molar-refractivity contribution in [1.29, 1.82) is 0 Å². The van der Waals surface area contributed by atoms with Crippen LogP contribution in [0.4, 0.5) is 5.82 Å². The number of nitrogens with two attached hydrogens (primary N) is 1. The summed E-state index contributed by atoms with van der Waals surface area (Å²) in [6.07, 6.45) is 2.55. The summed E-state index contributed by atoms with van der Waals surface area (Å²) in [7, 11) is 0. The van der Waals surface area contributed by atoms with E-state index in [2.05, 4.69) is 10.3 Å². The SMILES string of the molecule is CCCOc1cccnc1NC(C)(C)C(N)=O. The fraction of sp³-hybridized carbons (Fsp3) is 0.500. The van der Waals surface area contributed by atoms with Gasteiger partial charge in [-0.15, -0.1) is 0 Å². The minimum atomic E-state index is -0.862. The Balaban J connectivity index is 2.86. The molecule has 0 saturated heterocycles. The van der Waals surface area contributed by atoms with Crippen molar-refractivity contribution in [2.24, 2.45) is 5.73 Å². The van der Waals surface area contributed by atoms with E-state index in [4.69, 9.17) is 10.5 Å². The lowest BCUT2D eigenvalue weighted by molar-refractivity contribution is -0.121. The molecule has 0 aliphatic heterocycles. The van der Waals surface area contributed by atoms with E-state index in [0.717, 1.165) is 6.42 Å². The number of rotatable bonds is 6. The Bertz CT molecular complexity index is 391. The van der Waals surface area contributed by atoms with Gasteiger partial charge in [-0.3, -0.25) is 4.79 Å². The number of hydrogen-bond donors (Lipinski definition) is 2. The van der Waals surface area contributed by atoms with Crippen LogP contribution in [0, 0.1) is 0 Å². The molecule has 0 fully saturated rings. The lowest BCUT2D eigenvalue weighted by Crippen LogP contribution is -2.45. The van der Waals surface area contributed by atoms with Crippen molar-refractivity contribution >= 4 is 11.7 Å². The van der Waals surface area contributed by atoms with Crippen LogP contribution in [0.25, 0.3) is 0 Å². The largest absolute Gasteiger partial charge is 0.490 e. The van der Waals surface area contributed by atoms with Gasteiger partial charge >= 0.3 is 0 Å². The molecule has 0 saturated carbocycles. The first-order valence-corrected chi connectivity index (χ1v) is 5.63. The molecule has 0 unspecified atom stereocenters. The lowest BCUT2D eigenvalue weighted by Gasteiger charge is -2.24. The quantitative estimate of drug-likeness (QED) is 0.787. The molecule has 1 aromatic heterocycles. The smallest absolute Gasteiger partial charge is 0.242 e. The molecule has 0 radical (unpaired) electrons. The van der Waals surface area contributed by atoms with Crippen LogP contribution >= 0.6 is 0 Å². The van der Waals surface area contributed by atoms with Crippen molar-refractivity contribution in [1.82, 2.24) is 4.98 Å². The molecule has 0 spiro atoms. The molecule has 0 aliphatic carbocycles. The van der Waals surface area contributed by atoms with Crippen LogP contribution in [0.1, 0.15) is 27.2 Å². The van der Waals surface area contributed by atoms with Crippen LogP contribution in [-0.4, -0.2) is 23.0 Å². The van der Waals surface area contributed by atoms with Crippen LogP contribution in [0.15, 0.2) is 18.3 Å². The molecule has 5 heteroatoms. The highest BCUT2D eigenvalue weighted by Gasteiger charge is 2.26. The number of nitrogens with zero attached hydrogens (tertiary/aromatic N) is 1. The number of primary amides is 1. The van der Waals surface area contributed by atoms with Crippen molar-refractivity contribution in [3.8, 4) is 5.75 Å². The average Bonchev–Trinajstić information content (AvgIpc) is 2.27. The third-order valence-corrected chi connectivity index (χ3v) is 2.28. The van der Waals surface area contributed by atoms with Crippen molar-refractivity contribution < 1.29 is 9.53 Å². The first-order chi connectivity index (χ1) is 7.97. The van der Waals surface area contributed by atoms with E-state index in [1.807, 2.05) is 13.0 Å². The summed E-state index contributed by atoms with van der Waals surface area (Å²) in [6, 6.07) is 3.59. The number of nitrogens with one attached hydrogen (secondary N) is 1. The molecular formula is C12H19N3O2. The van der Waals surface area contributed by atoms with Gasteiger partial charge in [0, 0.05) is 6.20 Å². The highest BCUT2D eigenvalue weighted by atomic mass is 16.5. The minimum Gasteiger partial charge on any atom is -0.490 e. The standard InChI is InChI=1S/C12H19N3O2/c1-4-8-17-9-6-5-7-14-10(9)15-12(2,3)11(13)16/h5-7H,4,8H2,1-3H3,(H2,13,16)(H,14,15). The molecule has 3 N–H and O–H groups in total. The van der Waals surface area contributed by atoms with Gasteiger partial charge in [-0.05, 0) is 32.4 Å². The van der Waals surface area contributed by atoms with Crippen molar-refractivity contribution in [2.75, 3.05) is 11.9 Å². The zero-order valence-electron chi connectivity index (χ0n) is 10.5. The topological polar surface area (TPSA) is 77.2 Å². The van der Waals surface area contributed by atoms with Gasteiger partial charge in [0.2, 0.25) is 5.91 Å². The fourth-order valence-corrected chi connectivity index (χ4v) is 1.17. The molecule has 5 nitrogen and oxygen atoms in total. The molecule has 1 rings (SSSR count). The molecule has 0 aromatic carbocycles. The maximum atomic E-state index is 11.2. The van der Waals surface area contributed by atoms with Crippen molar-refractivity contribution in [3.63, 3.8) is 0 Å². The third kappa shape index (κ3) is 3.62. The Kier molecular flexibility index (Phi) is 4.31. The number of carbonyl (C=O) groups excluding carboxylic acids is 1. The Morgan fingerprint density at radius 3 is 2.88 bits per heavy atom. The number of anilines is 1. The molecule has 94 valence electrons. The average molecular weight is 237 g/mol. The number of pyridine rings is 1. The number of aromatic nitrogens is 1. The van der Waals surface area contributed by atoms with Gasteiger partial charge in [0.1, 0.15) is 5.54 Å². The van der Waals surface area contributed by atoms with E-state index in [0.29, 0.717) is 18.2 Å². The molecule has 0 bridgehead atoms. The second kappa shape index (κ2) is 5.52. The summed E-state index contributed by atoms with van der Waals surface area (Å²) in [4.78, 5) is 15.4. The second-order valence-corrected chi connectivity index (χ2v) is 4.31. The van der Waals surface area contributed by atoms with Gasteiger partial charge in [0.15, 0.2) is 11.6 Å². The van der Waals surface area contributed by atoms with Crippen LogP contribution < -0.4 is 15.8 Å². The van der Waals surface area contributed by atoms with Gasteiger partial charge in [-0.1, -0.05) is 6.92 Å². The maximum absolute atomic E-state index is 11.2. The van der Waals surface area contributed by atoms with E-state index in [1.165, 1.54) is 0 Å². The molecule has 0 atom stereocenters. The highest BCUT2D eigenvalue weighted by Crippen LogP contribution is 2.24. The molecule has 1 aromatic rings. The predicted molar refractivity (Wildman–Crippen MR) is 66.9 cm³/mol. The van der Waals surface area contributed by atoms with Crippen molar-refractivity contribution in [2.45, 2.75) is 32.7 Å². The van der Waals surface area contributed by atoms with Crippen LogP contribution in [0.2, 0.25) is 0 Å². The van der Waals surface area contributed by atoms with Crippen LogP contribution in [-0.2, 0) is 4.79 Å². The summed E-state index contributed by atoms with van der Waals surface area (Å²) >= 11 is 0. The van der Waals surface area contributed by atoms with Gasteiger partial charge in [0.05, 0.1) is 6.61 Å². The van der Waals surface area contributed by atoms with E-state index in [1.54, 1.807) is 26.1 Å². The second-order valence-electron chi connectivity index (χ2n) is 4.31. The molecular weight excluding hydrogens is 218 g/mol. The summed E-state index contributed by atoms with van der Waals surface area (Å²) in [5.74, 6) is 0.720. The Hall–Kier alpha value is -1.78. The molecule has 17 heavy (non-hydrogen) atoms. The zero-order chi connectivity index (χ0) is 12.9. The van der Waals surface area contributed by atoms with E-state index < -0.39 is 11.4 Å². The summed E-state index contributed by atoms with van der Waals surface area (Å²) < 4.78 is 5.53. The summed E-state index contributed by atoms with van der Waals surface area (Å²) in [6.45, 7) is 6.04. The van der Waals surface area contributed by atoms with Crippen molar-refractivity contribution in [3.05, 3.63) is 18.3 Å². The van der Waals surface area contributed by atoms with Crippen LogP contribution in [0.5, 0.6) is 5.75 Å². The van der Waals surface area contributed by atoms with Crippen LogP contribution in [0.3, 0.4) is 0 Å². The molecule has 1 heterocycles. The van der Waals surface area contributed by atoms with E-state index in [9.17, 15) is 4.79 Å². The number of amides is 1. The number of carbonyl (C=O) groups is 1. The maximum Gasteiger partial charge on any atom is 0.242 e. The fourth-order valence-electron chi connectivity index (χ4n) is 1.17. The third-order valence-electron chi connectivity index (χ3n) is 2.28. The van der Waals surface area contributed by atoms with Gasteiger partial charge in [0.25, 0.3) is 0 Å². The zero-order valence-corrected chi connectivity index (χ0v) is 10.5. The minimum absolute atomic E-state index is 0.440. The molecule has 1 amide bonds. The molecule has 0 aliphatic rings. The normalized spacial score (nSPS) is 11.0. The van der Waals surface area contributed by atoms with Gasteiger partial charge in [-0.25, -0.2) is 4.98 Å². The Morgan fingerprint density at radius 1 is 1.59 bits per heavy atom. The van der Waals surface area contributed by atoms with E-state index in [-0.39, 0.29) is 0 Å². The summed E-state index contributed by atoms with van der Waals surface area (Å²) in [5.41, 5.74) is 4.44. The Morgan fingerprint density at radius 2 is 2.29 bits per heavy atom. The van der Waals surface area contributed by atoms with E-state index >= 15 is 0 Å². The first-order valence-electron chi connectivity index (χ1n) is 5.63. The summed E-state index contributed by atoms with van der Waals surface area (Å²) in [5, 5.41) is 2.98. The number of ether oxygens (including phenoxy) is 1.